The van der Waals surface area contributed by atoms with Gasteiger partial charge < -0.3 is 20.1 Å². The number of carboxylic acid groups (broad SMARTS) is 1. The van der Waals surface area contributed by atoms with Gasteiger partial charge in [-0.15, -0.1) is 0 Å². The summed E-state index contributed by atoms with van der Waals surface area (Å²) < 4.78 is 5.09. The van der Waals surface area contributed by atoms with E-state index in [-0.39, 0.29) is 12.0 Å². The first-order valence-corrected chi connectivity index (χ1v) is 7.54. The molecule has 0 saturated heterocycles. The molecule has 24 heavy (non-hydrogen) atoms. The molecular weight excluding hydrogens is 309 g/mol. The minimum Gasteiger partial charge on any atom is -0.480 e. The van der Waals surface area contributed by atoms with E-state index in [1.54, 1.807) is 12.1 Å². The fraction of sp³-hybridized carbons (Fsp3) is 0.176. The first-order valence-electron chi connectivity index (χ1n) is 7.54. The van der Waals surface area contributed by atoms with Gasteiger partial charge in [-0.2, -0.15) is 0 Å². The van der Waals surface area contributed by atoms with Crippen LogP contribution in [0.25, 0.3) is 0 Å². The zero-order valence-electron chi connectivity index (χ0n) is 12.8. The van der Waals surface area contributed by atoms with Crippen molar-refractivity contribution in [2.24, 2.45) is 0 Å². The molecule has 3 rings (SSSR count). The van der Waals surface area contributed by atoms with Crippen molar-refractivity contribution in [3.05, 3.63) is 65.2 Å². The van der Waals surface area contributed by atoms with Crippen molar-refractivity contribution in [1.29, 1.82) is 0 Å². The van der Waals surface area contributed by atoms with Crippen LogP contribution in [0.1, 0.15) is 21.5 Å². The van der Waals surface area contributed by atoms with Crippen molar-refractivity contribution >= 4 is 24.5 Å². The molecule has 0 aromatic heterocycles. The molecule has 2 aromatic rings. The monoisotopic (exact) mass is 325 g/mol. The van der Waals surface area contributed by atoms with Gasteiger partial charge in [0.05, 0.1) is 6.61 Å². The van der Waals surface area contributed by atoms with Crippen molar-refractivity contribution < 1.29 is 24.4 Å². The third-order valence-corrected chi connectivity index (χ3v) is 3.96. The predicted octanol–water partition coefficient (Wildman–Crippen LogP) is 0.330. The van der Waals surface area contributed by atoms with Crippen LogP contribution in [0.15, 0.2) is 48.5 Å². The number of rotatable bonds is 5. The van der Waals surface area contributed by atoms with Crippen LogP contribution in [0, 0.1) is 0 Å². The van der Waals surface area contributed by atoms with E-state index in [1.165, 1.54) is 6.07 Å². The molecule has 0 radical (unpaired) electrons. The molecule has 1 aliphatic heterocycles. The second-order valence-electron chi connectivity index (χ2n) is 5.63. The quantitative estimate of drug-likeness (QED) is 0.689. The van der Waals surface area contributed by atoms with E-state index < -0.39 is 25.0 Å². The molecule has 122 valence electrons. The largest absolute Gasteiger partial charge is 0.491 e. The van der Waals surface area contributed by atoms with Gasteiger partial charge in [0, 0.05) is 12.0 Å². The Morgan fingerprint density at radius 2 is 1.96 bits per heavy atom. The highest BCUT2D eigenvalue weighted by Gasteiger charge is 2.28. The molecule has 0 spiro atoms. The van der Waals surface area contributed by atoms with Gasteiger partial charge in [0.2, 0.25) is 0 Å². The molecule has 1 atom stereocenters. The zero-order chi connectivity index (χ0) is 17.1. The number of fused-ring (bicyclic) bond motifs is 1. The number of hydrogen-bond donors (Lipinski definition) is 3. The summed E-state index contributed by atoms with van der Waals surface area (Å²) in [6.07, 6.45) is 0.193. The Morgan fingerprint density at radius 3 is 2.67 bits per heavy atom. The summed E-state index contributed by atoms with van der Waals surface area (Å²) in [6.45, 7) is 0.296. The topological polar surface area (TPSA) is 95.9 Å². The molecule has 0 fully saturated rings. The van der Waals surface area contributed by atoms with Crippen LogP contribution in [0.5, 0.6) is 0 Å². The second kappa shape index (κ2) is 6.86. The number of aliphatic carboxylic acids is 1. The molecule has 0 bridgehead atoms. The molecule has 0 saturated carbocycles. The van der Waals surface area contributed by atoms with Crippen LogP contribution < -0.4 is 10.8 Å². The third-order valence-electron chi connectivity index (χ3n) is 3.96. The predicted molar refractivity (Wildman–Crippen MR) is 87.9 cm³/mol. The zero-order valence-corrected chi connectivity index (χ0v) is 12.8. The van der Waals surface area contributed by atoms with Crippen LogP contribution >= 0.6 is 0 Å². The van der Waals surface area contributed by atoms with Gasteiger partial charge in [-0.25, -0.2) is 4.79 Å². The van der Waals surface area contributed by atoms with Gasteiger partial charge in [-0.05, 0) is 28.7 Å². The number of carbonyl (C=O) groups is 2. The van der Waals surface area contributed by atoms with E-state index in [0.717, 1.165) is 11.1 Å². The van der Waals surface area contributed by atoms with Crippen LogP contribution in [-0.4, -0.2) is 35.2 Å². The van der Waals surface area contributed by atoms with E-state index in [2.05, 4.69) is 5.32 Å². The lowest BCUT2D eigenvalue weighted by Gasteiger charge is -2.15. The summed E-state index contributed by atoms with van der Waals surface area (Å²) in [4.78, 5) is 23.8. The molecular formula is C17H16BNO5. The van der Waals surface area contributed by atoms with E-state index >= 15 is 0 Å². The van der Waals surface area contributed by atoms with Gasteiger partial charge in [0.15, 0.2) is 0 Å². The van der Waals surface area contributed by atoms with E-state index in [1.807, 2.05) is 30.3 Å². The first kappa shape index (κ1) is 16.2. The Kier molecular flexibility index (Phi) is 4.64. The van der Waals surface area contributed by atoms with Gasteiger partial charge >= 0.3 is 13.1 Å². The number of amides is 1. The molecule has 1 heterocycles. The average molecular weight is 325 g/mol. The molecule has 1 amide bonds. The average Bonchev–Trinajstić information content (AvgIpc) is 2.95. The SMILES string of the molecule is O=C(NC(Cc1ccccc1)C(=O)O)c1ccc2c(c1)B(O)OC2. The maximum atomic E-state index is 12.4. The molecule has 6 nitrogen and oxygen atoms in total. The van der Waals surface area contributed by atoms with Crippen LogP contribution in [0.3, 0.4) is 0 Å². The highest BCUT2D eigenvalue weighted by Crippen LogP contribution is 2.12. The molecule has 3 N–H and O–H groups in total. The standard InChI is InChI=1S/C17H16BNO5/c20-16(12-6-7-13-10-24-18(23)14(13)9-12)19-15(17(21)22)8-11-4-2-1-3-5-11/h1-7,9,15,23H,8,10H2,(H,19,20)(H,21,22). The fourth-order valence-electron chi connectivity index (χ4n) is 2.65. The minimum atomic E-state index is -1.10. The summed E-state index contributed by atoms with van der Waals surface area (Å²) in [5.41, 5.74) is 2.47. The Morgan fingerprint density at radius 1 is 1.21 bits per heavy atom. The Bertz CT molecular complexity index is 765. The first-order chi connectivity index (χ1) is 11.5. The normalized spacial score (nSPS) is 14.1. The lowest BCUT2D eigenvalue weighted by atomic mass is 9.78. The molecule has 1 unspecified atom stereocenters. The van der Waals surface area contributed by atoms with Crippen molar-refractivity contribution in [3.63, 3.8) is 0 Å². The summed E-state index contributed by atoms with van der Waals surface area (Å²) in [7, 11) is -1.05. The molecule has 7 heteroatoms. The summed E-state index contributed by atoms with van der Waals surface area (Å²) in [6, 6.07) is 12.9. The number of carboxylic acids is 1. The van der Waals surface area contributed by atoms with Crippen LogP contribution in [-0.2, 0) is 22.5 Å². The van der Waals surface area contributed by atoms with Crippen molar-refractivity contribution in [3.8, 4) is 0 Å². The van der Waals surface area contributed by atoms with E-state index in [4.69, 9.17) is 4.65 Å². The summed E-state index contributed by atoms with van der Waals surface area (Å²) >= 11 is 0. The van der Waals surface area contributed by atoms with Gasteiger partial charge in [-0.1, -0.05) is 36.4 Å². The van der Waals surface area contributed by atoms with E-state index in [0.29, 0.717) is 12.1 Å². The van der Waals surface area contributed by atoms with Crippen LogP contribution in [0.4, 0.5) is 0 Å². The van der Waals surface area contributed by atoms with Gasteiger partial charge in [0.25, 0.3) is 5.91 Å². The van der Waals surface area contributed by atoms with Crippen molar-refractivity contribution in [2.45, 2.75) is 19.1 Å². The molecule has 0 aliphatic carbocycles. The fourth-order valence-corrected chi connectivity index (χ4v) is 2.65. The Balaban J connectivity index is 1.74. The maximum absolute atomic E-state index is 12.4. The number of nitrogens with one attached hydrogen (secondary N) is 1. The second-order valence-corrected chi connectivity index (χ2v) is 5.63. The smallest absolute Gasteiger partial charge is 0.480 e. The molecule has 2 aromatic carbocycles. The van der Waals surface area contributed by atoms with Crippen LogP contribution in [0.2, 0.25) is 0 Å². The number of benzene rings is 2. The Labute approximate surface area is 139 Å². The third kappa shape index (κ3) is 3.47. The maximum Gasteiger partial charge on any atom is 0.491 e. The number of hydrogen-bond acceptors (Lipinski definition) is 4. The minimum absolute atomic E-state index is 0.193. The Hall–Kier alpha value is -2.64. The summed E-state index contributed by atoms with van der Waals surface area (Å²) in [5, 5.41) is 21.6. The van der Waals surface area contributed by atoms with Crippen molar-refractivity contribution in [1.82, 2.24) is 5.32 Å². The lowest BCUT2D eigenvalue weighted by molar-refractivity contribution is -0.139. The number of carbonyl (C=O) groups excluding carboxylic acids is 1. The summed E-state index contributed by atoms with van der Waals surface area (Å²) in [5.74, 6) is -1.60. The van der Waals surface area contributed by atoms with E-state index in [9.17, 15) is 19.7 Å². The lowest BCUT2D eigenvalue weighted by Crippen LogP contribution is -2.42. The highest BCUT2D eigenvalue weighted by molar-refractivity contribution is 6.61. The van der Waals surface area contributed by atoms with Gasteiger partial charge in [0.1, 0.15) is 6.04 Å². The van der Waals surface area contributed by atoms with Gasteiger partial charge in [-0.3, -0.25) is 4.79 Å². The molecule has 1 aliphatic rings. The highest BCUT2D eigenvalue weighted by atomic mass is 16.5. The van der Waals surface area contributed by atoms with Crippen molar-refractivity contribution in [2.75, 3.05) is 0 Å².